The van der Waals surface area contributed by atoms with Crippen molar-refractivity contribution in [3.8, 4) is 0 Å². The lowest BCUT2D eigenvalue weighted by molar-refractivity contribution is 0.0723. The van der Waals surface area contributed by atoms with Crippen molar-refractivity contribution in [3.05, 3.63) is 35.4 Å². The summed E-state index contributed by atoms with van der Waals surface area (Å²) in [6.45, 7) is 2.60. The van der Waals surface area contributed by atoms with Crippen molar-refractivity contribution in [2.75, 3.05) is 26.3 Å². The van der Waals surface area contributed by atoms with E-state index in [0.717, 1.165) is 18.2 Å². The molecule has 1 aliphatic heterocycles. The van der Waals surface area contributed by atoms with Crippen molar-refractivity contribution in [1.29, 1.82) is 0 Å². The zero-order valence-electron chi connectivity index (χ0n) is 11.0. The molecule has 1 fully saturated rings. The zero-order chi connectivity index (χ0) is 14.8. The van der Waals surface area contributed by atoms with Crippen molar-refractivity contribution in [2.45, 2.75) is 13.0 Å². The highest BCUT2D eigenvalue weighted by atomic mass is 32.2. The Morgan fingerprint density at radius 3 is 2.60 bits per heavy atom. The van der Waals surface area contributed by atoms with Crippen LogP contribution < -0.4 is 4.72 Å². The smallest absolute Gasteiger partial charge is 0.280 e. The fourth-order valence-electron chi connectivity index (χ4n) is 1.99. The molecule has 1 atom stereocenters. The summed E-state index contributed by atoms with van der Waals surface area (Å²) in [6.07, 6.45) is 0. The predicted octanol–water partition coefficient (Wildman–Crippen LogP) is 1.19. The Morgan fingerprint density at radius 1 is 1.30 bits per heavy atom. The lowest BCUT2D eigenvalue weighted by Gasteiger charge is -2.27. The van der Waals surface area contributed by atoms with Gasteiger partial charge in [0, 0.05) is 24.7 Å². The molecule has 0 amide bonds. The second kappa shape index (κ2) is 6.13. The largest absolute Gasteiger partial charge is 0.379 e. The van der Waals surface area contributed by atoms with E-state index in [4.69, 9.17) is 4.74 Å². The minimum absolute atomic E-state index is 0.0261. The van der Waals surface area contributed by atoms with Crippen LogP contribution in [0.4, 0.5) is 8.78 Å². The summed E-state index contributed by atoms with van der Waals surface area (Å²) in [6, 6.07) is 2.09. The molecule has 1 saturated heterocycles. The molecule has 8 heteroatoms. The Kier molecular flexibility index (Phi) is 4.69. The van der Waals surface area contributed by atoms with Crippen LogP contribution in [0.15, 0.2) is 18.2 Å². The summed E-state index contributed by atoms with van der Waals surface area (Å²) in [5, 5.41) is 0. The number of rotatable bonds is 4. The summed E-state index contributed by atoms with van der Waals surface area (Å²) in [7, 11) is -3.75. The van der Waals surface area contributed by atoms with Gasteiger partial charge in [0.1, 0.15) is 11.6 Å². The van der Waals surface area contributed by atoms with E-state index in [2.05, 4.69) is 4.72 Å². The fraction of sp³-hybridized carbons (Fsp3) is 0.500. The quantitative estimate of drug-likeness (QED) is 0.909. The Hall–Kier alpha value is -1.09. The Bertz CT molecular complexity index is 574. The van der Waals surface area contributed by atoms with Crippen LogP contribution in [0, 0.1) is 11.6 Å². The van der Waals surface area contributed by atoms with E-state index in [0.29, 0.717) is 13.2 Å². The van der Waals surface area contributed by atoms with Gasteiger partial charge in [-0.1, -0.05) is 0 Å². The first-order valence-corrected chi connectivity index (χ1v) is 7.64. The van der Waals surface area contributed by atoms with Gasteiger partial charge in [-0.15, -0.1) is 0 Å². The van der Waals surface area contributed by atoms with Gasteiger partial charge in [0.05, 0.1) is 13.2 Å². The van der Waals surface area contributed by atoms with E-state index in [1.54, 1.807) is 0 Å². The molecule has 1 heterocycles. The molecule has 2 rings (SSSR count). The first-order chi connectivity index (χ1) is 9.40. The van der Waals surface area contributed by atoms with Gasteiger partial charge in [-0.3, -0.25) is 0 Å². The van der Waals surface area contributed by atoms with Crippen molar-refractivity contribution in [1.82, 2.24) is 9.03 Å². The average Bonchev–Trinajstić information content (AvgIpc) is 2.42. The van der Waals surface area contributed by atoms with Crippen LogP contribution in [0.5, 0.6) is 0 Å². The number of hydrogen-bond acceptors (Lipinski definition) is 3. The van der Waals surface area contributed by atoms with E-state index in [9.17, 15) is 17.2 Å². The van der Waals surface area contributed by atoms with Crippen molar-refractivity contribution < 1.29 is 21.9 Å². The molecule has 0 radical (unpaired) electrons. The SMILES string of the molecule is C[C@H](NS(=O)(=O)N1CCOCC1)c1cc(F)ccc1F. The summed E-state index contributed by atoms with van der Waals surface area (Å²) in [5.74, 6) is -1.26. The van der Waals surface area contributed by atoms with Gasteiger partial charge in [-0.2, -0.15) is 17.4 Å². The maximum absolute atomic E-state index is 13.6. The molecule has 20 heavy (non-hydrogen) atoms. The number of nitrogens with zero attached hydrogens (tertiary/aromatic N) is 1. The molecule has 1 aliphatic rings. The molecular formula is C12H16F2N2O3S. The molecule has 5 nitrogen and oxygen atoms in total. The van der Waals surface area contributed by atoms with Gasteiger partial charge < -0.3 is 4.74 Å². The maximum Gasteiger partial charge on any atom is 0.280 e. The first kappa shape index (κ1) is 15.3. The highest BCUT2D eigenvalue weighted by molar-refractivity contribution is 7.87. The molecule has 1 aromatic carbocycles. The first-order valence-electron chi connectivity index (χ1n) is 6.20. The van der Waals surface area contributed by atoms with E-state index >= 15 is 0 Å². The van der Waals surface area contributed by atoms with Crippen LogP contribution in [0.1, 0.15) is 18.5 Å². The van der Waals surface area contributed by atoms with Crippen LogP contribution in [-0.4, -0.2) is 39.0 Å². The van der Waals surface area contributed by atoms with E-state index in [1.165, 1.54) is 11.2 Å². The molecule has 1 N–H and O–H groups in total. The molecule has 0 aromatic heterocycles. The Balaban J connectivity index is 2.13. The third-order valence-electron chi connectivity index (χ3n) is 3.06. The number of halogens is 2. The number of hydrogen-bond donors (Lipinski definition) is 1. The summed E-state index contributed by atoms with van der Waals surface area (Å²) < 4.78 is 59.6. The monoisotopic (exact) mass is 306 g/mol. The molecule has 0 saturated carbocycles. The van der Waals surface area contributed by atoms with Gasteiger partial charge in [0.2, 0.25) is 0 Å². The molecule has 0 bridgehead atoms. The van der Waals surface area contributed by atoms with Gasteiger partial charge in [0.25, 0.3) is 10.2 Å². The van der Waals surface area contributed by atoms with Crippen LogP contribution >= 0.6 is 0 Å². The number of morpholine rings is 1. The highest BCUT2D eigenvalue weighted by Gasteiger charge is 2.27. The molecule has 0 aliphatic carbocycles. The Labute approximate surface area is 116 Å². The second-order valence-electron chi connectivity index (χ2n) is 4.52. The number of ether oxygens (including phenoxy) is 1. The lowest BCUT2D eigenvalue weighted by atomic mass is 10.1. The maximum atomic E-state index is 13.6. The minimum Gasteiger partial charge on any atom is -0.379 e. The van der Waals surface area contributed by atoms with Gasteiger partial charge in [-0.25, -0.2) is 8.78 Å². The van der Waals surface area contributed by atoms with Gasteiger partial charge >= 0.3 is 0 Å². The highest BCUT2D eigenvalue weighted by Crippen LogP contribution is 2.19. The topological polar surface area (TPSA) is 58.6 Å². The van der Waals surface area contributed by atoms with Crippen molar-refractivity contribution in [2.24, 2.45) is 0 Å². The average molecular weight is 306 g/mol. The second-order valence-corrected chi connectivity index (χ2v) is 6.22. The van der Waals surface area contributed by atoms with Gasteiger partial charge in [0.15, 0.2) is 0 Å². The molecule has 0 unspecified atom stereocenters. The molecule has 0 spiro atoms. The standard InChI is InChI=1S/C12H16F2N2O3S/c1-9(11-8-10(13)2-3-12(11)14)15-20(17,18)16-4-6-19-7-5-16/h2-3,8-9,15H,4-7H2,1H3/t9-/m0/s1. The van der Waals surface area contributed by atoms with E-state index < -0.39 is 27.9 Å². The predicted molar refractivity (Wildman–Crippen MR) is 69.2 cm³/mol. The number of benzene rings is 1. The van der Waals surface area contributed by atoms with Crippen molar-refractivity contribution in [3.63, 3.8) is 0 Å². The van der Waals surface area contributed by atoms with E-state index in [-0.39, 0.29) is 18.7 Å². The van der Waals surface area contributed by atoms with Crippen LogP contribution in [0.2, 0.25) is 0 Å². The molecular weight excluding hydrogens is 290 g/mol. The Morgan fingerprint density at radius 2 is 1.95 bits per heavy atom. The van der Waals surface area contributed by atoms with Crippen LogP contribution in [-0.2, 0) is 14.9 Å². The summed E-state index contributed by atoms with van der Waals surface area (Å²) in [5.41, 5.74) is -0.0261. The third-order valence-corrected chi connectivity index (χ3v) is 4.76. The lowest BCUT2D eigenvalue weighted by Crippen LogP contribution is -2.47. The third kappa shape index (κ3) is 3.51. The van der Waals surface area contributed by atoms with E-state index in [1.807, 2.05) is 0 Å². The minimum atomic E-state index is -3.75. The number of nitrogens with one attached hydrogen (secondary N) is 1. The molecule has 112 valence electrons. The molecule has 1 aromatic rings. The van der Waals surface area contributed by atoms with Crippen LogP contribution in [0.3, 0.4) is 0 Å². The summed E-state index contributed by atoms with van der Waals surface area (Å²) >= 11 is 0. The fourth-order valence-corrected chi connectivity index (χ4v) is 3.35. The summed E-state index contributed by atoms with van der Waals surface area (Å²) in [4.78, 5) is 0. The van der Waals surface area contributed by atoms with Gasteiger partial charge in [-0.05, 0) is 25.1 Å². The van der Waals surface area contributed by atoms with Crippen molar-refractivity contribution >= 4 is 10.2 Å². The zero-order valence-corrected chi connectivity index (χ0v) is 11.8. The van der Waals surface area contributed by atoms with Crippen LogP contribution in [0.25, 0.3) is 0 Å². The normalized spacial score (nSPS) is 18.9.